The second-order valence-electron chi connectivity index (χ2n) is 6.50. The Kier molecular flexibility index (Phi) is 5.58. The van der Waals surface area contributed by atoms with Crippen molar-refractivity contribution >= 4 is 24.0 Å². The van der Waals surface area contributed by atoms with Crippen LogP contribution in [0.5, 0.6) is 0 Å². The van der Waals surface area contributed by atoms with Crippen molar-refractivity contribution < 1.29 is 14.0 Å². The SMILES string of the molecule is CC(C(N)=O)c1c(N)nc(-c2nn(Cc3ccccc3F)c(=O)n2C)nc1NC=O. The Morgan fingerprint density at radius 3 is 2.67 bits per heavy atom. The number of carbonyl (C=O) groups excluding carboxylic acids is 2. The fourth-order valence-electron chi connectivity index (χ4n) is 2.90. The van der Waals surface area contributed by atoms with Crippen molar-refractivity contribution in [2.24, 2.45) is 12.8 Å². The minimum atomic E-state index is -0.871. The second-order valence-corrected chi connectivity index (χ2v) is 6.50. The van der Waals surface area contributed by atoms with Gasteiger partial charge in [-0.1, -0.05) is 18.2 Å². The standard InChI is InChI=1S/C18H19FN8O3/c1-9(14(21)29)12-13(20)23-16(24-15(12)22-8-28)17-25-27(18(30)26(17)2)7-10-5-3-4-6-11(10)19/h3-6,8-9H,7H2,1-2H3,(H2,21,29)(H3,20,22,23,24,28). The summed E-state index contributed by atoms with van der Waals surface area (Å²) < 4.78 is 16.2. The van der Waals surface area contributed by atoms with Gasteiger partial charge in [0.2, 0.25) is 24.0 Å². The van der Waals surface area contributed by atoms with Gasteiger partial charge in [0.05, 0.1) is 12.5 Å². The molecule has 0 fully saturated rings. The lowest BCUT2D eigenvalue weighted by atomic mass is 10.0. The van der Waals surface area contributed by atoms with Crippen LogP contribution in [0.2, 0.25) is 0 Å². The average molecular weight is 414 g/mol. The molecule has 0 aliphatic rings. The summed E-state index contributed by atoms with van der Waals surface area (Å²) in [6.45, 7) is 1.39. The molecule has 0 saturated carbocycles. The first-order chi connectivity index (χ1) is 14.2. The first kappa shape index (κ1) is 20.6. The molecule has 2 aromatic heterocycles. The summed E-state index contributed by atoms with van der Waals surface area (Å²) in [7, 11) is 1.44. The lowest BCUT2D eigenvalue weighted by Gasteiger charge is -2.15. The van der Waals surface area contributed by atoms with Crippen molar-refractivity contribution in [1.82, 2.24) is 24.3 Å². The van der Waals surface area contributed by atoms with Gasteiger partial charge in [-0.3, -0.25) is 14.2 Å². The third-order valence-corrected chi connectivity index (χ3v) is 4.55. The van der Waals surface area contributed by atoms with Crippen molar-refractivity contribution in [3.05, 3.63) is 51.7 Å². The highest BCUT2D eigenvalue weighted by molar-refractivity contribution is 5.87. The molecule has 3 aromatic rings. The second kappa shape index (κ2) is 8.11. The molecule has 2 amide bonds. The van der Waals surface area contributed by atoms with Crippen molar-refractivity contribution in [3.63, 3.8) is 0 Å². The monoisotopic (exact) mass is 414 g/mol. The molecule has 156 valence electrons. The number of carbonyl (C=O) groups is 2. The fourth-order valence-corrected chi connectivity index (χ4v) is 2.90. The van der Waals surface area contributed by atoms with E-state index >= 15 is 0 Å². The predicted molar refractivity (Wildman–Crippen MR) is 106 cm³/mol. The number of halogens is 1. The average Bonchev–Trinajstić information content (AvgIpc) is 2.97. The Bertz CT molecular complexity index is 1190. The number of nitrogens with two attached hydrogens (primary N) is 2. The van der Waals surface area contributed by atoms with Crippen LogP contribution in [0.3, 0.4) is 0 Å². The van der Waals surface area contributed by atoms with Gasteiger partial charge in [-0.25, -0.2) is 23.8 Å². The Labute approximate surface area is 169 Å². The van der Waals surface area contributed by atoms with E-state index in [0.717, 1.165) is 9.25 Å². The van der Waals surface area contributed by atoms with Crippen LogP contribution < -0.4 is 22.5 Å². The molecule has 3 rings (SSSR count). The van der Waals surface area contributed by atoms with Crippen molar-refractivity contribution in [3.8, 4) is 11.6 Å². The van der Waals surface area contributed by atoms with Gasteiger partial charge in [-0.2, -0.15) is 0 Å². The molecule has 0 aliphatic heterocycles. The van der Waals surface area contributed by atoms with E-state index in [1.165, 1.54) is 32.2 Å². The molecule has 1 aromatic carbocycles. The van der Waals surface area contributed by atoms with E-state index in [0.29, 0.717) is 6.41 Å². The Hall–Kier alpha value is -4.09. The van der Waals surface area contributed by atoms with Gasteiger partial charge >= 0.3 is 5.69 Å². The van der Waals surface area contributed by atoms with Crippen LogP contribution in [0.4, 0.5) is 16.0 Å². The van der Waals surface area contributed by atoms with E-state index in [9.17, 15) is 18.8 Å². The lowest BCUT2D eigenvalue weighted by Crippen LogP contribution is -2.24. The van der Waals surface area contributed by atoms with E-state index in [-0.39, 0.29) is 41.0 Å². The number of nitrogen functional groups attached to an aromatic ring is 1. The summed E-state index contributed by atoms with van der Waals surface area (Å²) in [5.74, 6) is -2.20. The number of nitrogens with one attached hydrogen (secondary N) is 1. The van der Waals surface area contributed by atoms with Gasteiger partial charge < -0.3 is 16.8 Å². The van der Waals surface area contributed by atoms with Gasteiger partial charge in [-0.05, 0) is 13.0 Å². The quantitative estimate of drug-likeness (QED) is 0.457. The zero-order valence-electron chi connectivity index (χ0n) is 16.2. The zero-order valence-corrected chi connectivity index (χ0v) is 16.2. The molecular formula is C18H19FN8O3. The van der Waals surface area contributed by atoms with Crippen LogP contribution in [0.1, 0.15) is 24.0 Å². The van der Waals surface area contributed by atoms with Gasteiger partial charge in [0.15, 0.2) is 0 Å². The Balaban J connectivity index is 2.10. The molecule has 0 radical (unpaired) electrons. The fraction of sp³-hybridized carbons (Fsp3) is 0.222. The normalized spacial score (nSPS) is 11.8. The largest absolute Gasteiger partial charge is 0.383 e. The first-order valence-electron chi connectivity index (χ1n) is 8.79. The number of nitrogens with zero attached hydrogens (tertiary/aromatic N) is 5. The maximum atomic E-state index is 13.9. The van der Waals surface area contributed by atoms with Crippen LogP contribution in [0.15, 0.2) is 29.1 Å². The van der Waals surface area contributed by atoms with Crippen molar-refractivity contribution in [2.75, 3.05) is 11.1 Å². The number of amides is 2. The van der Waals surface area contributed by atoms with Crippen molar-refractivity contribution in [2.45, 2.75) is 19.4 Å². The molecule has 0 aliphatic carbocycles. The summed E-state index contributed by atoms with van der Waals surface area (Å²) >= 11 is 0. The van der Waals surface area contributed by atoms with E-state index in [2.05, 4.69) is 20.4 Å². The van der Waals surface area contributed by atoms with Crippen molar-refractivity contribution in [1.29, 1.82) is 0 Å². The summed E-state index contributed by atoms with van der Waals surface area (Å²) in [5.41, 5.74) is 11.2. The van der Waals surface area contributed by atoms with E-state index < -0.39 is 23.3 Å². The van der Waals surface area contributed by atoms with Crippen LogP contribution in [0.25, 0.3) is 11.6 Å². The number of benzene rings is 1. The highest BCUT2D eigenvalue weighted by Crippen LogP contribution is 2.29. The zero-order chi connectivity index (χ0) is 22.0. The molecule has 2 heterocycles. The van der Waals surface area contributed by atoms with E-state index in [1.807, 2.05) is 0 Å². The molecule has 1 atom stereocenters. The van der Waals surface area contributed by atoms with E-state index in [4.69, 9.17) is 11.5 Å². The maximum Gasteiger partial charge on any atom is 0.346 e. The number of anilines is 2. The molecule has 0 saturated heterocycles. The number of hydrogen-bond donors (Lipinski definition) is 3. The summed E-state index contributed by atoms with van der Waals surface area (Å²) in [5, 5.41) is 6.54. The minimum Gasteiger partial charge on any atom is -0.383 e. The van der Waals surface area contributed by atoms with Crippen LogP contribution in [-0.4, -0.2) is 36.6 Å². The molecule has 0 spiro atoms. The molecule has 12 heteroatoms. The lowest BCUT2D eigenvalue weighted by molar-refractivity contribution is -0.119. The minimum absolute atomic E-state index is 0.0325. The molecule has 11 nitrogen and oxygen atoms in total. The van der Waals surface area contributed by atoms with Gasteiger partial charge in [0.25, 0.3) is 0 Å². The Morgan fingerprint density at radius 2 is 2.03 bits per heavy atom. The molecule has 1 unspecified atom stereocenters. The maximum absolute atomic E-state index is 13.9. The number of rotatable bonds is 7. The third-order valence-electron chi connectivity index (χ3n) is 4.55. The van der Waals surface area contributed by atoms with Crippen LogP contribution in [0, 0.1) is 5.82 Å². The van der Waals surface area contributed by atoms with Gasteiger partial charge in [0, 0.05) is 18.2 Å². The molecule has 30 heavy (non-hydrogen) atoms. The van der Waals surface area contributed by atoms with Gasteiger partial charge in [0.1, 0.15) is 17.5 Å². The smallest absolute Gasteiger partial charge is 0.346 e. The van der Waals surface area contributed by atoms with Gasteiger partial charge in [-0.15, -0.1) is 5.10 Å². The third kappa shape index (κ3) is 3.74. The van der Waals surface area contributed by atoms with E-state index in [1.54, 1.807) is 6.07 Å². The first-order valence-corrected chi connectivity index (χ1v) is 8.79. The van der Waals surface area contributed by atoms with Crippen LogP contribution in [-0.2, 0) is 23.2 Å². The van der Waals surface area contributed by atoms with Crippen LogP contribution >= 0.6 is 0 Å². The Morgan fingerprint density at radius 1 is 1.33 bits per heavy atom. The molecule has 0 bridgehead atoms. The number of aromatic nitrogens is 5. The summed E-state index contributed by atoms with van der Waals surface area (Å²) in [6, 6.07) is 6.01. The molecular weight excluding hydrogens is 395 g/mol. The highest BCUT2D eigenvalue weighted by atomic mass is 19.1. The topological polar surface area (TPSA) is 164 Å². The predicted octanol–water partition coefficient (Wildman–Crippen LogP) is -0.0345. The molecule has 5 N–H and O–H groups in total. The highest BCUT2D eigenvalue weighted by Gasteiger charge is 2.24. The number of primary amides is 1. The summed E-state index contributed by atoms with van der Waals surface area (Å²) in [6.07, 6.45) is 0.360. The number of hydrogen-bond acceptors (Lipinski definition) is 7. The summed E-state index contributed by atoms with van der Waals surface area (Å²) in [4.78, 5) is 43.4.